The predicted octanol–water partition coefficient (Wildman–Crippen LogP) is 1.93. The molecule has 2 bridgehead atoms. The fourth-order valence-electron chi connectivity index (χ4n) is 4.11. The molecule has 0 radical (unpaired) electrons. The van der Waals surface area contributed by atoms with Crippen LogP contribution in [0.1, 0.15) is 49.5 Å². The maximum absolute atomic E-state index is 13.4. The number of nitrogens with zero attached hydrogens (tertiary/aromatic N) is 1. The molecule has 0 aromatic heterocycles. The number of ketones is 1. The first-order valence-electron chi connectivity index (χ1n) is 14.0. The second-order valence-corrected chi connectivity index (χ2v) is 5.84. The molecule has 0 N–H and O–H groups in total. The first-order valence-corrected chi connectivity index (χ1v) is 6.98. The van der Waals surface area contributed by atoms with E-state index < -0.39 is 98.1 Å². The minimum Gasteiger partial charge on any atom is -0.493 e. The van der Waals surface area contributed by atoms with E-state index in [-0.39, 0.29) is 12.0 Å². The Morgan fingerprint density at radius 3 is 3.45 bits per heavy atom. The molecule has 1 saturated heterocycles. The number of piperidine rings is 1. The van der Waals surface area contributed by atoms with E-state index in [0.717, 1.165) is 0 Å². The molecule has 4 nitrogen and oxygen atoms in total. The topological polar surface area (TPSA) is 38.8 Å². The Kier molecular flexibility index (Phi) is 0.962. The summed E-state index contributed by atoms with van der Waals surface area (Å²) in [7, 11) is -3.16. The van der Waals surface area contributed by atoms with Gasteiger partial charge in [-0.1, -0.05) is 6.04 Å². The molecule has 5 rings (SSSR count). The van der Waals surface area contributed by atoms with Gasteiger partial charge < -0.3 is 14.4 Å². The van der Waals surface area contributed by atoms with Crippen LogP contribution >= 0.6 is 0 Å². The lowest BCUT2D eigenvalue weighted by Gasteiger charge is -2.57. The number of hydrogen-bond donors (Lipinski definition) is 0. The van der Waals surface area contributed by atoms with Gasteiger partial charge in [-0.25, -0.2) is 0 Å². The predicted molar refractivity (Wildman–Crippen MR) is 81.6 cm³/mol. The SMILES string of the molecule is [2H]c1c([2H])c2c3c(c1OC([2H])([2H])[2H])OC1([2H])C(=O)C([2H])([2H])C[C@@H]4[C@@]31CCN(C([2H])([2H])[2H])[C@]4([2H])C2([2H])[2H]. The number of rotatable bonds is 1. The summed E-state index contributed by atoms with van der Waals surface area (Å²) >= 11 is 0. The molecule has 1 spiro atoms. The number of hydrogen-bond acceptors (Lipinski definition) is 4. The minimum atomic E-state index is -3.16. The second kappa shape index (κ2) is 4.05. The summed E-state index contributed by atoms with van der Waals surface area (Å²) in [4.78, 5) is 14.0. The van der Waals surface area contributed by atoms with Crippen molar-refractivity contribution in [3.63, 3.8) is 0 Å². The molecule has 4 atom stereocenters. The molecule has 116 valence electrons. The normalized spacial score (nSPS) is 60.2. The van der Waals surface area contributed by atoms with Gasteiger partial charge >= 0.3 is 0 Å². The highest BCUT2D eigenvalue weighted by atomic mass is 16.5. The maximum atomic E-state index is 13.4. The number of carbonyl (C=O) groups is 1. The fraction of sp³-hybridized carbons (Fsp3) is 0.611. The van der Waals surface area contributed by atoms with Crippen molar-refractivity contribution in [3.05, 3.63) is 23.2 Å². The molecule has 22 heavy (non-hydrogen) atoms. The molecule has 4 aliphatic rings. The highest BCUT2D eigenvalue weighted by Gasteiger charge is 2.65. The van der Waals surface area contributed by atoms with Crippen LogP contribution in [0.25, 0.3) is 0 Å². The molecular weight excluding hydrogens is 278 g/mol. The molecule has 1 unspecified atom stereocenters. The molecular formula is C18H21NO3. The molecule has 4 heteroatoms. The summed E-state index contributed by atoms with van der Waals surface area (Å²) in [6.07, 6.45) is -9.89. The van der Waals surface area contributed by atoms with Crippen LogP contribution in [0, 0.1) is 5.92 Å². The lowest BCUT2D eigenvalue weighted by atomic mass is 9.52. The lowest BCUT2D eigenvalue weighted by Crippen LogP contribution is -2.65. The Labute approximate surface area is 150 Å². The number of benzene rings is 1. The Balaban J connectivity index is 1.97. The second-order valence-electron chi connectivity index (χ2n) is 5.84. The quantitative estimate of drug-likeness (QED) is 0.794. The number of likely N-dealkylation sites (N-methyl/N-ethyl adjacent to an activating group) is 1. The Bertz CT molecular complexity index is 1210. The third kappa shape index (κ3) is 1.27. The molecule has 1 aromatic carbocycles. The Hall–Kier alpha value is -1.55. The largest absolute Gasteiger partial charge is 0.493 e. The first kappa shape index (κ1) is 5.23. The lowest BCUT2D eigenvalue weighted by molar-refractivity contribution is -0.138. The highest BCUT2D eigenvalue weighted by Crippen LogP contribution is 2.62. The van der Waals surface area contributed by atoms with Gasteiger partial charge in [0.05, 0.1) is 15.3 Å². The molecule has 2 heterocycles. The first-order chi connectivity index (χ1) is 16.1. The maximum Gasteiger partial charge on any atom is 0.174 e. The summed E-state index contributed by atoms with van der Waals surface area (Å²) in [6.45, 7) is -3.54. The average molecular weight is 313 g/mol. The smallest absolute Gasteiger partial charge is 0.174 e. The summed E-state index contributed by atoms with van der Waals surface area (Å²) < 4.78 is 127. The van der Waals surface area contributed by atoms with Crippen LogP contribution < -0.4 is 9.47 Å². The van der Waals surface area contributed by atoms with Crippen molar-refractivity contribution in [1.82, 2.24) is 4.90 Å². The van der Waals surface area contributed by atoms with Gasteiger partial charge in [0.25, 0.3) is 0 Å². The van der Waals surface area contributed by atoms with Crippen LogP contribution in [0.3, 0.4) is 0 Å². The molecule has 2 aliphatic heterocycles. The van der Waals surface area contributed by atoms with Crippen LogP contribution in [0.4, 0.5) is 0 Å². The number of ether oxygens (including phenoxy) is 2. The fourth-order valence-corrected chi connectivity index (χ4v) is 4.11. The van der Waals surface area contributed by atoms with Crippen LogP contribution in [0.2, 0.25) is 0 Å². The summed E-state index contributed by atoms with van der Waals surface area (Å²) in [6, 6.07) is -4.64. The van der Waals surface area contributed by atoms with E-state index in [0.29, 0.717) is 4.90 Å². The number of likely N-dealkylation sites (tertiary alicyclic amines) is 1. The summed E-state index contributed by atoms with van der Waals surface area (Å²) in [5.74, 6) is -4.46. The van der Waals surface area contributed by atoms with Crippen LogP contribution in [0.5, 0.6) is 11.5 Å². The van der Waals surface area contributed by atoms with Gasteiger partial charge in [-0.3, -0.25) is 4.79 Å². The Morgan fingerprint density at radius 1 is 1.64 bits per heavy atom. The van der Waals surface area contributed by atoms with Gasteiger partial charge in [-0.05, 0) is 50.3 Å². The van der Waals surface area contributed by atoms with E-state index in [2.05, 4.69) is 0 Å². The number of methoxy groups -OCH3 is 1. The van der Waals surface area contributed by atoms with E-state index in [1.165, 1.54) is 0 Å². The third-order valence-corrected chi connectivity index (χ3v) is 5.01. The van der Waals surface area contributed by atoms with Crippen molar-refractivity contribution >= 4 is 5.78 Å². The molecule has 2 aliphatic carbocycles. The Morgan fingerprint density at radius 2 is 2.59 bits per heavy atom. The van der Waals surface area contributed by atoms with E-state index >= 15 is 0 Å². The van der Waals surface area contributed by atoms with Gasteiger partial charge in [0.15, 0.2) is 23.4 Å². The summed E-state index contributed by atoms with van der Waals surface area (Å²) in [5, 5.41) is 0. The standard InChI is InChI=1S/C18H21NO3/c1-19-8-7-18-11-4-5-13(20)17(18)22-16-14(21-2)6-3-10(15(16)18)9-12(11)19/h3,6,11-12,17H,4-5,7-9H2,1-2H3/t11-,12+,17?,18-/m0/s1/i1D3,2D3,3D,5D2,6D,9D2,12D,17D. The van der Waals surface area contributed by atoms with Crippen molar-refractivity contribution in [2.75, 3.05) is 20.6 Å². The van der Waals surface area contributed by atoms with E-state index in [1.54, 1.807) is 0 Å². The van der Waals surface area contributed by atoms with Crippen LogP contribution in [-0.4, -0.2) is 43.3 Å². The van der Waals surface area contributed by atoms with Gasteiger partial charge in [-0.15, -0.1) is 0 Å². The highest BCUT2D eigenvalue weighted by molar-refractivity contribution is 5.89. The molecule has 2 fully saturated rings. The average Bonchev–Trinajstić information content (AvgIpc) is 2.95. The van der Waals surface area contributed by atoms with Crippen LogP contribution in [0.15, 0.2) is 12.1 Å². The van der Waals surface area contributed by atoms with Gasteiger partial charge in [0.2, 0.25) is 0 Å². The van der Waals surface area contributed by atoms with Gasteiger partial charge in [-0.2, -0.15) is 0 Å². The van der Waals surface area contributed by atoms with Gasteiger partial charge in [0, 0.05) is 34.3 Å². The zero-order valence-electron chi connectivity index (χ0n) is 25.4. The van der Waals surface area contributed by atoms with Crippen molar-refractivity contribution in [1.29, 1.82) is 0 Å². The van der Waals surface area contributed by atoms with E-state index in [4.69, 9.17) is 27.3 Å². The number of Topliss-reactive ketones (excluding diaryl/α,β-unsaturated/α-hetero) is 1. The molecule has 1 saturated carbocycles. The van der Waals surface area contributed by atoms with Crippen molar-refractivity contribution in [3.8, 4) is 11.5 Å². The third-order valence-electron chi connectivity index (χ3n) is 5.01. The van der Waals surface area contributed by atoms with Crippen molar-refractivity contribution in [2.24, 2.45) is 5.92 Å². The monoisotopic (exact) mass is 313 g/mol. The minimum absolute atomic E-state index is 0.301. The van der Waals surface area contributed by atoms with Crippen molar-refractivity contribution in [2.45, 2.75) is 43.1 Å². The number of carbonyl (C=O) groups excluding carboxylic acids is 1. The summed E-state index contributed by atoms with van der Waals surface area (Å²) in [5.41, 5.74) is -2.96. The van der Waals surface area contributed by atoms with E-state index in [1.807, 2.05) is 0 Å². The molecule has 0 amide bonds. The zero-order valence-corrected chi connectivity index (χ0v) is 11.4. The zero-order chi connectivity index (χ0) is 27.2. The van der Waals surface area contributed by atoms with Crippen LogP contribution in [-0.2, 0) is 16.6 Å². The van der Waals surface area contributed by atoms with E-state index in [9.17, 15) is 6.17 Å². The molecule has 1 aromatic rings. The van der Waals surface area contributed by atoms with Gasteiger partial charge in [0.1, 0.15) is 0 Å². The van der Waals surface area contributed by atoms with Crippen molar-refractivity contribution < 1.29 is 33.5 Å².